The average Bonchev–Trinajstić information content (AvgIpc) is 2.88. The molecule has 19 heavy (non-hydrogen) atoms. The number of para-hydroxylation sites is 1. The van der Waals surface area contributed by atoms with Gasteiger partial charge in [0.15, 0.2) is 0 Å². The van der Waals surface area contributed by atoms with Crippen LogP contribution in [0.3, 0.4) is 0 Å². The van der Waals surface area contributed by atoms with Crippen LogP contribution in [-0.4, -0.2) is 19.0 Å². The third kappa shape index (κ3) is 3.49. The Bertz CT molecular complexity index is 431. The van der Waals surface area contributed by atoms with Crippen LogP contribution in [0.2, 0.25) is 0 Å². The molecule has 1 aliphatic carbocycles. The van der Waals surface area contributed by atoms with Crippen LogP contribution in [0, 0.1) is 5.92 Å². The molecule has 2 rings (SSSR count). The monoisotopic (exact) mass is 260 g/mol. The van der Waals surface area contributed by atoms with E-state index in [0.717, 1.165) is 17.2 Å². The molecule has 0 heterocycles. The number of nitrogens with one attached hydrogen (secondary N) is 2. The summed E-state index contributed by atoms with van der Waals surface area (Å²) in [6.45, 7) is 2.26. The molecule has 0 aliphatic heterocycles. The molecule has 1 aliphatic rings. The van der Waals surface area contributed by atoms with Crippen molar-refractivity contribution in [2.24, 2.45) is 5.92 Å². The summed E-state index contributed by atoms with van der Waals surface area (Å²) in [5.74, 6) is 0.834. The Kier molecular flexibility index (Phi) is 4.83. The number of hydrogen-bond acceptors (Lipinski definition) is 2. The quantitative estimate of drug-likeness (QED) is 0.854. The number of amides is 1. The van der Waals surface area contributed by atoms with Gasteiger partial charge in [0.2, 0.25) is 5.91 Å². The molecule has 3 heteroatoms. The molecule has 2 N–H and O–H groups in total. The Morgan fingerprint density at radius 3 is 2.84 bits per heavy atom. The van der Waals surface area contributed by atoms with Gasteiger partial charge in [-0.1, -0.05) is 38.0 Å². The molecule has 1 saturated carbocycles. The van der Waals surface area contributed by atoms with Crippen LogP contribution in [0.4, 0.5) is 5.69 Å². The van der Waals surface area contributed by atoms with Gasteiger partial charge < -0.3 is 10.6 Å². The number of carbonyl (C=O) groups excluding carboxylic acids is 1. The van der Waals surface area contributed by atoms with Crippen LogP contribution in [0.15, 0.2) is 24.3 Å². The normalized spacial score (nSPS) is 22.2. The second-order valence-corrected chi connectivity index (χ2v) is 5.36. The van der Waals surface area contributed by atoms with Crippen molar-refractivity contribution in [2.75, 3.05) is 12.4 Å². The van der Waals surface area contributed by atoms with Crippen LogP contribution >= 0.6 is 0 Å². The van der Waals surface area contributed by atoms with Crippen LogP contribution in [0.5, 0.6) is 0 Å². The number of rotatable bonds is 5. The largest absolute Gasteiger partial charge is 0.382 e. The van der Waals surface area contributed by atoms with Gasteiger partial charge in [-0.15, -0.1) is 0 Å². The molecule has 2 unspecified atom stereocenters. The summed E-state index contributed by atoms with van der Waals surface area (Å²) >= 11 is 0. The highest BCUT2D eigenvalue weighted by atomic mass is 16.1. The lowest BCUT2D eigenvalue weighted by atomic mass is 9.99. The van der Waals surface area contributed by atoms with E-state index in [1.807, 2.05) is 18.2 Å². The maximum Gasteiger partial charge on any atom is 0.224 e. The zero-order chi connectivity index (χ0) is 13.7. The van der Waals surface area contributed by atoms with Gasteiger partial charge in [0.1, 0.15) is 0 Å². The molecule has 0 radical (unpaired) electrons. The topological polar surface area (TPSA) is 41.1 Å². The highest BCUT2D eigenvalue weighted by molar-refractivity contribution is 5.80. The highest BCUT2D eigenvalue weighted by Crippen LogP contribution is 2.31. The smallest absolute Gasteiger partial charge is 0.224 e. The van der Waals surface area contributed by atoms with Crippen molar-refractivity contribution in [3.63, 3.8) is 0 Å². The van der Waals surface area contributed by atoms with E-state index in [1.165, 1.54) is 25.7 Å². The first kappa shape index (κ1) is 13.9. The van der Waals surface area contributed by atoms with E-state index in [4.69, 9.17) is 0 Å². The molecule has 0 saturated heterocycles. The minimum absolute atomic E-state index is 0.0627. The Morgan fingerprint density at radius 2 is 2.11 bits per heavy atom. The van der Waals surface area contributed by atoms with E-state index in [9.17, 15) is 4.79 Å². The SMILES string of the molecule is CCC1CCCC1Nc1ccccc1CC(=O)NC. The first-order chi connectivity index (χ1) is 9.24. The van der Waals surface area contributed by atoms with Gasteiger partial charge >= 0.3 is 0 Å². The fourth-order valence-corrected chi connectivity index (χ4v) is 2.99. The summed E-state index contributed by atoms with van der Waals surface area (Å²) in [4.78, 5) is 11.6. The van der Waals surface area contributed by atoms with E-state index < -0.39 is 0 Å². The second-order valence-electron chi connectivity index (χ2n) is 5.36. The third-order valence-electron chi connectivity index (χ3n) is 4.17. The van der Waals surface area contributed by atoms with E-state index >= 15 is 0 Å². The molecule has 1 amide bonds. The number of likely N-dealkylation sites (N-methyl/N-ethyl adjacent to an activating group) is 1. The van der Waals surface area contributed by atoms with E-state index in [2.05, 4.69) is 23.6 Å². The van der Waals surface area contributed by atoms with Crippen LogP contribution < -0.4 is 10.6 Å². The lowest BCUT2D eigenvalue weighted by molar-refractivity contribution is -0.119. The lowest BCUT2D eigenvalue weighted by Crippen LogP contribution is -2.25. The van der Waals surface area contributed by atoms with Gasteiger partial charge in [0.25, 0.3) is 0 Å². The van der Waals surface area contributed by atoms with Gasteiger partial charge in [0, 0.05) is 18.8 Å². The van der Waals surface area contributed by atoms with Crippen molar-refractivity contribution in [1.82, 2.24) is 5.32 Å². The van der Waals surface area contributed by atoms with Crippen molar-refractivity contribution < 1.29 is 4.79 Å². The van der Waals surface area contributed by atoms with Crippen molar-refractivity contribution >= 4 is 11.6 Å². The summed E-state index contributed by atoms with van der Waals surface area (Å²) in [5.41, 5.74) is 2.21. The fourth-order valence-electron chi connectivity index (χ4n) is 2.99. The lowest BCUT2D eigenvalue weighted by Gasteiger charge is -2.22. The van der Waals surface area contributed by atoms with Crippen LogP contribution in [0.1, 0.15) is 38.2 Å². The predicted octanol–water partition coefficient (Wildman–Crippen LogP) is 2.97. The fraction of sp³-hybridized carbons (Fsp3) is 0.562. The first-order valence-corrected chi connectivity index (χ1v) is 7.29. The van der Waals surface area contributed by atoms with Gasteiger partial charge in [-0.3, -0.25) is 4.79 Å². The molecule has 1 fully saturated rings. The van der Waals surface area contributed by atoms with Crippen molar-refractivity contribution in [3.8, 4) is 0 Å². The molecule has 3 nitrogen and oxygen atoms in total. The number of hydrogen-bond donors (Lipinski definition) is 2. The van der Waals surface area contributed by atoms with Crippen LogP contribution in [-0.2, 0) is 11.2 Å². The molecule has 1 aromatic rings. The average molecular weight is 260 g/mol. The molecule has 1 aromatic carbocycles. The van der Waals surface area contributed by atoms with E-state index in [1.54, 1.807) is 7.05 Å². The summed E-state index contributed by atoms with van der Waals surface area (Å²) in [6, 6.07) is 8.72. The Hall–Kier alpha value is -1.51. The summed E-state index contributed by atoms with van der Waals surface area (Å²) in [6.07, 6.45) is 5.56. The Morgan fingerprint density at radius 1 is 1.32 bits per heavy atom. The van der Waals surface area contributed by atoms with Gasteiger partial charge in [-0.05, 0) is 30.4 Å². The van der Waals surface area contributed by atoms with Crippen molar-refractivity contribution in [3.05, 3.63) is 29.8 Å². The minimum Gasteiger partial charge on any atom is -0.382 e. The van der Waals surface area contributed by atoms with E-state index in [0.29, 0.717) is 12.5 Å². The van der Waals surface area contributed by atoms with Gasteiger partial charge in [-0.25, -0.2) is 0 Å². The number of anilines is 1. The number of benzene rings is 1. The minimum atomic E-state index is 0.0627. The van der Waals surface area contributed by atoms with E-state index in [-0.39, 0.29) is 5.91 Å². The highest BCUT2D eigenvalue weighted by Gasteiger charge is 2.25. The maximum atomic E-state index is 11.6. The van der Waals surface area contributed by atoms with Crippen molar-refractivity contribution in [1.29, 1.82) is 0 Å². The Labute approximate surface area is 115 Å². The van der Waals surface area contributed by atoms with Gasteiger partial charge in [-0.2, -0.15) is 0 Å². The summed E-state index contributed by atoms with van der Waals surface area (Å²) < 4.78 is 0. The zero-order valence-electron chi connectivity index (χ0n) is 11.9. The van der Waals surface area contributed by atoms with Gasteiger partial charge in [0.05, 0.1) is 6.42 Å². The molecule has 0 bridgehead atoms. The molecule has 0 aromatic heterocycles. The number of carbonyl (C=O) groups is 1. The second kappa shape index (κ2) is 6.60. The summed E-state index contributed by atoms with van der Waals surface area (Å²) in [7, 11) is 1.68. The maximum absolute atomic E-state index is 11.6. The molecule has 0 spiro atoms. The van der Waals surface area contributed by atoms with Crippen LogP contribution in [0.25, 0.3) is 0 Å². The Balaban J connectivity index is 2.09. The molecular formula is C16H24N2O. The molecule has 2 atom stereocenters. The standard InChI is InChI=1S/C16H24N2O/c1-3-12-8-6-10-14(12)18-15-9-5-4-7-13(15)11-16(19)17-2/h4-5,7,9,12,14,18H,3,6,8,10-11H2,1-2H3,(H,17,19). The zero-order valence-corrected chi connectivity index (χ0v) is 11.9. The molecule has 104 valence electrons. The molecular weight excluding hydrogens is 236 g/mol. The first-order valence-electron chi connectivity index (χ1n) is 7.29. The predicted molar refractivity (Wildman–Crippen MR) is 79.3 cm³/mol. The third-order valence-corrected chi connectivity index (χ3v) is 4.17. The van der Waals surface area contributed by atoms with Crippen molar-refractivity contribution in [2.45, 2.75) is 45.1 Å². The summed E-state index contributed by atoms with van der Waals surface area (Å²) in [5, 5.41) is 6.35.